The van der Waals surface area contributed by atoms with E-state index in [0.29, 0.717) is 11.1 Å². The van der Waals surface area contributed by atoms with Gasteiger partial charge in [-0.15, -0.1) is 0 Å². The maximum Gasteiger partial charge on any atom is 0.416 e. The first-order valence-electron chi connectivity index (χ1n) is 8.13. The molecule has 0 fully saturated rings. The number of nitrogens with zero attached hydrogens (tertiary/aromatic N) is 1. The molecule has 140 valence electrons. The second-order valence-corrected chi connectivity index (χ2v) is 6.44. The highest BCUT2D eigenvalue weighted by molar-refractivity contribution is 6.35. The van der Waals surface area contributed by atoms with E-state index in [1.54, 1.807) is 19.1 Å². The summed E-state index contributed by atoms with van der Waals surface area (Å²) < 4.78 is 38.6. The number of benzene rings is 2. The summed E-state index contributed by atoms with van der Waals surface area (Å²) in [4.78, 5) is 25.8. The quantitative estimate of drug-likeness (QED) is 0.820. The zero-order valence-corrected chi connectivity index (χ0v) is 14.6. The molecule has 2 aromatic carbocycles. The molecular weight excluding hydrogens is 359 g/mol. The number of aliphatic hydroxyl groups is 1. The minimum absolute atomic E-state index is 0.135. The van der Waals surface area contributed by atoms with Crippen molar-refractivity contribution in [3.8, 4) is 0 Å². The van der Waals surface area contributed by atoms with E-state index in [2.05, 4.69) is 0 Å². The normalized spacial score (nSPS) is 15.1. The van der Waals surface area contributed by atoms with Gasteiger partial charge in [0.1, 0.15) is 0 Å². The summed E-state index contributed by atoms with van der Waals surface area (Å²) in [5.74, 6) is -2.35. The van der Waals surface area contributed by atoms with Crippen LogP contribution in [0.1, 0.15) is 27.8 Å². The Kier molecular flexibility index (Phi) is 4.55. The zero-order chi connectivity index (χ0) is 19.9. The Labute approximate surface area is 153 Å². The lowest BCUT2D eigenvalue weighted by atomic mass is 9.98. The van der Waals surface area contributed by atoms with E-state index < -0.39 is 29.3 Å². The first-order valence-corrected chi connectivity index (χ1v) is 8.13. The molecule has 0 saturated carbocycles. The number of carbonyl (C=O) groups is 2. The SMILES string of the molecule is Cc1ccc(C2=C(O)C(=O)N(Cc3cccc(C(F)(F)F)c3)C2=O)c(C)c1. The molecule has 2 aromatic rings. The summed E-state index contributed by atoms with van der Waals surface area (Å²) in [6.07, 6.45) is -4.53. The van der Waals surface area contributed by atoms with Crippen LogP contribution in [0.2, 0.25) is 0 Å². The van der Waals surface area contributed by atoms with Crippen LogP contribution in [0, 0.1) is 13.8 Å². The van der Waals surface area contributed by atoms with E-state index in [1.165, 1.54) is 12.1 Å². The van der Waals surface area contributed by atoms with Gasteiger partial charge in [-0.05, 0) is 42.7 Å². The van der Waals surface area contributed by atoms with Crippen molar-refractivity contribution < 1.29 is 27.9 Å². The Hall–Kier alpha value is -3.09. The van der Waals surface area contributed by atoms with Crippen molar-refractivity contribution in [2.45, 2.75) is 26.6 Å². The number of rotatable bonds is 3. The number of amides is 2. The number of hydrogen-bond donors (Lipinski definition) is 1. The second-order valence-electron chi connectivity index (χ2n) is 6.44. The Morgan fingerprint density at radius 1 is 1.00 bits per heavy atom. The van der Waals surface area contributed by atoms with Gasteiger partial charge in [-0.2, -0.15) is 13.2 Å². The average Bonchev–Trinajstić information content (AvgIpc) is 2.79. The summed E-state index contributed by atoms with van der Waals surface area (Å²) in [5.41, 5.74) is 1.21. The highest BCUT2D eigenvalue weighted by Gasteiger charge is 2.40. The van der Waals surface area contributed by atoms with Crippen molar-refractivity contribution in [2.24, 2.45) is 0 Å². The first kappa shape index (κ1) is 18.7. The van der Waals surface area contributed by atoms with Crippen molar-refractivity contribution >= 4 is 17.4 Å². The molecule has 1 aliphatic rings. The number of aliphatic hydroxyl groups excluding tert-OH is 1. The third-order valence-corrected chi connectivity index (χ3v) is 4.39. The standard InChI is InChI=1S/C20H16F3NO3/c1-11-6-7-15(12(2)8-11)16-17(25)19(27)24(18(16)26)10-13-4-3-5-14(9-13)20(21,22)23/h3-9,25H,10H2,1-2H3. The fraction of sp³-hybridized carbons (Fsp3) is 0.200. The minimum atomic E-state index is -4.53. The predicted molar refractivity (Wildman–Crippen MR) is 92.5 cm³/mol. The molecule has 7 heteroatoms. The number of aryl methyl sites for hydroxylation is 2. The lowest BCUT2D eigenvalue weighted by molar-refractivity contribution is -0.138. The molecule has 1 aliphatic heterocycles. The van der Waals surface area contributed by atoms with Crippen LogP contribution in [0.25, 0.3) is 5.57 Å². The highest BCUT2D eigenvalue weighted by atomic mass is 19.4. The fourth-order valence-corrected chi connectivity index (χ4v) is 3.07. The van der Waals surface area contributed by atoms with Crippen molar-refractivity contribution in [1.82, 2.24) is 4.90 Å². The van der Waals surface area contributed by atoms with Crippen LogP contribution >= 0.6 is 0 Å². The molecule has 4 nitrogen and oxygen atoms in total. The molecular formula is C20H16F3NO3. The van der Waals surface area contributed by atoms with Crippen molar-refractivity contribution in [3.63, 3.8) is 0 Å². The van der Waals surface area contributed by atoms with E-state index >= 15 is 0 Å². The van der Waals surface area contributed by atoms with Crippen LogP contribution in [0.5, 0.6) is 0 Å². The Morgan fingerprint density at radius 2 is 1.70 bits per heavy atom. The summed E-state index contributed by atoms with van der Waals surface area (Å²) in [6, 6.07) is 9.58. The maximum atomic E-state index is 12.9. The minimum Gasteiger partial charge on any atom is -0.502 e. The van der Waals surface area contributed by atoms with Gasteiger partial charge in [-0.1, -0.05) is 35.9 Å². The van der Waals surface area contributed by atoms with Gasteiger partial charge in [-0.25, -0.2) is 0 Å². The number of carbonyl (C=O) groups excluding carboxylic acids is 2. The molecule has 0 radical (unpaired) electrons. The van der Waals surface area contributed by atoms with Gasteiger partial charge >= 0.3 is 6.18 Å². The fourth-order valence-electron chi connectivity index (χ4n) is 3.07. The summed E-state index contributed by atoms with van der Waals surface area (Å²) in [5, 5.41) is 10.2. The van der Waals surface area contributed by atoms with Gasteiger partial charge < -0.3 is 5.11 Å². The van der Waals surface area contributed by atoms with Gasteiger partial charge in [0.2, 0.25) is 0 Å². The van der Waals surface area contributed by atoms with Gasteiger partial charge in [0.15, 0.2) is 5.76 Å². The van der Waals surface area contributed by atoms with E-state index in [1.807, 2.05) is 13.0 Å². The highest BCUT2D eigenvalue weighted by Crippen LogP contribution is 2.33. The average molecular weight is 375 g/mol. The molecule has 0 aliphatic carbocycles. The number of imide groups is 1. The maximum absolute atomic E-state index is 12.9. The van der Waals surface area contributed by atoms with Crippen LogP contribution in [-0.4, -0.2) is 21.8 Å². The molecule has 0 unspecified atom stereocenters. The van der Waals surface area contributed by atoms with Crippen LogP contribution in [0.15, 0.2) is 48.2 Å². The van der Waals surface area contributed by atoms with E-state index in [9.17, 15) is 27.9 Å². The molecule has 0 atom stereocenters. The number of alkyl halides is 3. The molecule has 27 heavy (non-hydrogen) atoms. The van der Waals surface area contributed by atoms with E-state index in [-0.39, 0.29) is 17.7 Å². The molecule has 3 rings (SSSR count). The zero-order valence-electron chi connectivity index (χ0n) is 14.6. The van der Waals surface area contributed by atoms with Gasteiger partial charge in [0.05, 0.1) is 17.7 Å². The summed E-state index contributed by atoms with van der Waals surface area (Å²) in [7, 11) is 0. The topological polar surface area (TPSA) is 57.6 Å². The predicted octanol–water partition coefficient (Wildman–Crippen LogP) is 4.16. The summed E-state index contributed by atoms with van der Waals surface area (Å²) in [6.45, 7) is 3.25. The van der Waals surface area contributed by atoms with Crippen LogP contribution < -0.4 is 0 Å². The van der Waals surface area contributed by atoms with E-state index in [4.69, 9.17) is 0 Å². The monoisotopic (exact) mass is 375 g/mol. The molecule has 2 amide bonds. The van der Waals surface area contributed by atoms with Gasteiger partial charge in [-0.3, -0.25) is 14.5 Å². The largest absolute Gasteiger partial charge is 0.502 e. The Balaban J connectivity index is 1.93. The molecule has 1 N–H and O–H groups in total. The number of halogens is 3. The van der Waals surface area contributed by atoms with Gasteiger partial charge in [0, 0.05) is 0 Å². The van der Waals surface area contributed by atoms with Crippen molar-refractivity contribution in [1.29, 1.82) is 0 Å². The second kappa shape index (κ2) is 6.57. The lowest BCUT2D eigenvalue weighted by Crippen LogP contribution is -2.31. The molecule has 0 aromatic heterocycles. The Morgan fingerprint density at radius 3 is 2.33 bits per heavy atom. The van der Waals surface area contributed by atoms with Crippen LogP contribution in [0.4, 0.5) is 13.2 Å². The van der Waals surface area contributed by atoms with Gasteiger partial charge in [0.25, 0.3) is 11.8 Å². The number of hydrogen-bond acceptors (Lipinski definition) is 3. The smallest absolute Gasteiger partial charge is 0.416 e. The lowest BCUT2D eigenvalue weighted by Gasteiger charge is -2.16. The molecule has 1 heterocycles. The van der Waals surface area contributed by atoms with E-state index in [0.717, 1.165) is 22.6 Å². The Bertz CT molecular complexity index is 977. The first-order chi connectivity index (χ1) is 12.6. The third kappa shape index (κ3) is 3.45. The van der Waals surface area contributed by atoms with Crippen molar-refractivity contribution in [2.75, 3.05) is 0 Å². The summed E-state index contributed by atoms with van der Waals surface area (Å²) >= 11 is 0. The van der Waals surface area contributed by atoms with Crippen LogP contribution in [0.3, 0.4) is 0 Å². The molecule has 0 bridgehead atoms. The third-order valence-electron chi connectivity index (χ3n) is 4.39. The van der Waals surface area contributed by atoms with Crippen molar-refractivity contribution in [3.05, 3.63) is 76.0 Å². The molecule has 0 saturated heterocycles. The van der Waals surface area contributed by atoms with Crippen LogP contribution in [-0.2, 0) is 22.3 Å². The molecule has 0 spiro atoms.